The molecule has 1 aromatic heterocycles. The molecule has 1 aliphatic rings. The number of nitrogens with zero attached hydrogens (tertiary/aromatic N) is 2. The van der Waals surface area contributed by atoms with Gasteiger partial charge in [-0.2, -0.15) is 5.10 Å². The maximum atomic E-state index is 13.7. The summed E-state index contributed by atoms with van der Waals surface area (Å²) in [5, 5.41) is 8.33. The Balaban J connectivity index is 1.69. The highest BCUT2D eigenvalue weighted by atomic mass is 19.1. The second-order valence-corrected chi connectivity index (χ2v) is 6.71. The third-order valence-corrected chi connectivity index (χ3v) is 4.79. The first-order valence-corrected chi connectivity index (χ1v) is 8.87. The summed E-state index contributed by atoms with van der Waals surface area (Å²) in [7, 11) is 0. The van der Waals surface area contributed by atoms with Gasteiger partial charge in [0.1, 0.15) is 11.6 Å². The Labute approximate surface area is 147 Å². The predicted molar refractivity (Wildman–Crippen MR) is 98.7 cm³/mol. The molecule has 0 amide bonds. The number of anilines is 1. The summed E-state index contributed by atoms with van der Waals surface area (Å²) in [5.74, 6) is 0.760. The molecular formula is C21H22FN3. The van der Waals surface area contributed by atoms with Crippen LogP contribution in [0.25, 0.3) is 5.69 Å². The largest absolute Gasteiger partial charge is 0.366 e. The van der Waals surface area contributed by atoms with Crippen molar-refractivity contribution in [2.24, 2.45) is 0 Å². The summed E-state index contributed by atoms with van der Waals surface area (Å²) in [5.41, 5.74) is 5.67. The molecule has 3 aromatic rings. The van der Waals surface area contributed by atoms with Crippen molar-refractivity contribution in [3.63, 3.8) is 0 Å². The number of halogens is 1. The van der Waals surface area contributed by atoms with E-state index in [1.54, 1.807) is 6.07 Å². The Bertz CT molecular complexity index is 881. The topological polar surface area (TPSA) is 29.9 Å². The zero-order valence-corrected chi connectivity index (χ0v) is 14.4. The van der Waals surface area contributed by atoms with E-state index in [0.29, 0.717) is 0 Å². The van der Waals surface area contributed by atoms with Crippen LogP contribution >= 0.6 is 0 Å². The number of fused-ring (bicyclic) bond motifs is 1. The van der Waals surface area contributed by atoms with E-state index in [2.05, 4.69) is 36.5 Å². The first-order valence-electron chi connectivity index (χ1n) is 8.87. The third kappa shape index (κ3) is 3.29. The molecule has 1 aliphatic carbocycles. The molecule has 0 fully saturated rings. The molecule has 128 valence electrons. The standard InChI is InChI=1S/C21H22FN3/c1-15-9-11-16(12-10-15)14-23-21-19-7-2-3-8-20(19)24-25(21)18-6-4-5-17(22)13-18/h4-6,9-13,23H,2-3,7-8,14H2,1H3. The Morgan fingerprint density at radius 3 is 2.68 bits per heavy atom. The molecule has 1 N–H and O–H groups in total. The Hall–Kier alpha value is -2.62. The van der Waals surface area contributed by atoms with Crippen molar-refractivity contribution in [1.29, 1.82) is 0 Å². The summed E-state index contributed by atoms with van der Waals surface area (Å²) in [6.45, 7) is 2.82. The van der Waals surface area contributed by atoms with Gasteiger partial charge in [-0.15, -0.1) is 0 Å². The summed E-state index contributed by atoms with van der Waals surface area (Å²) in [4.78, 5) is 0. The number of hydrogen-bond acceptors (Lipinski definition) is 2. The quantitative estimate of drug-likeness (QED) is 0.741. The van der Waals surface area contributed by atoms with Gasteiger partial charge in [-0.1, -0.05) is 35.9 Å². The highest BCUT2D eigenvalue weighted by Crippen LogP contribution is 2.30. The lowest BCUT2D eigenvalue weighted by molar-refractivity contribution is 0.625. The van der Waals surface area contributed by atoms with E-state index in [1.165, 1.54) is 41.7 Å². The molecule has 0 spiro atoms. The number of hydrogen-bond donors (Lipinski definition) is 1. The highest BCUT2D eigenvalue weighted by molar-refractivity contribution is 5.54. The van der Waals surface area contributed by atoms with Gasteiger partial charge in [-0.05, 0) is 56.4 Å². The van der Waals surface area contributed by atoms with Crippen LogP contribution in [0.4, 0.5) is 10.2 Å². The number of benzene rings is 2. The summed E-state index contributed by atoms with van der Waals surface area (Å²) in [6.07, 6.45) is 4.38. The molecule has 2 aromatic carbocycles. The van der Waals surface area contributed by atoms with Crippen LogP contribution in [0, 0.1) is 12.7 Å². The first-order chi connectivity index (χ1) is 12.2. The van der Waals surface area contributed by atoms with Crippen LogP contribution in [-0.4, -0.2) is 9.78 Å². The number of rotatable bonds is 4. The van der Waals surface area contributed by atoms with Crippen molar-refractivity contribution >= 4 is 5.82 Å². The van der Waals surface area contributed by atoms with Crippen molar-refractivity contribution in [1.82, 2.24) is 9.78 Å². The van der Waals surface area contributed by atoms with Crippen LogP contribution in [0.1, 0.15) is 35.2 Å². The molecule has 0 atom stereocenters. The number of aryl methyl sites for hydroxylation is 2. The van der Waals surface area contributed by atoms with E-state index in [9.17, 15) is 4.39 Å². The number of aromatic nitrogens is 2. The molecule has 0 aliphatic heterocycles. The lowest BCUT2D eigenvalue weighted by Gasteiger charge is -2.14. The molecule has 0 saturated heterocycles. The van der Waals surface area contributed by atoms with Gasteiger partial charge in [0.05, 0.1) is 11.4 Å². The normalized spacial score (nSPS) is 13.5. The maximum absolute atomic E-state index is 13.7. The Kier molecular flexibility index (Phi) is 4.26. The molecule has 1 heterocycles. The van der Waals surface area contributed by atoms with Crippen molar-refractivity contribution < 1.29 is 4.39 Å². The highest BCUT2D eigenvalue weighted by Gasteiger charge is 2.21. The Morgan fingerprint density at radius 1 is 1.08 bits per heavy atom. The van der Waals surface area contributed by atoms with Crippen LogP contribution in [0.3, 0.4) is 0 Å². The van der Waals surface area contributed by atoms with Crippen LogP contribution in [0.2, 0.25) is 0 Å². The fourth-order valence-corrected chi connectivity index (χ4v) is 3.42. The SMILES string of the molecule is Cc1ccc(CNc2c3c(nn2-c2cccc(F)c2)CCCC3)cc1. The minimum Gasteiger partial charge on any atom is -0.366 e. The molecule has 0 bridgehead atoms. The van der Waals surface area contributed by atoms with Gasteiger partial charge in [0.2, 0.25) is 0 Å². The zero-order valence-electron chi connectivity index (χ0n) is 14.4. The molecular weight excluding hydrogens is 313 g/mol. The number of nitrogens with one attached hydrogen (secondary N) is 1. The van der Waals surface area contributed by atoms with Gasteiger partial charge >= 0.3 is 0 Å². The molecule has 25 heavy (non-hydrogen) atoms. The van der Waals surface area contributed by atoms with E-state index in [-0.39, 0.29) is 5.82 Å². The zero-order chi connectivity index (χ0) is 17.2. The minimum atomic E-state index is -0.240. The van der Waals surface area contributed by atoms with Crippen molar-refractivity contribution in [2.45, 2.75) is 39.2 Å². The molecule has 4 rings (SSSR count). The van der Waals surface area contributed by atoms with Crippen LogP contribution < -0.4 is 5.32 Å². The van der Waals surface area contributed by atoms with E-state index >= 15 is 0 Å². The summed E-state index contributed by atoms with van der Waals surface area (Å²) >= 11 is 0. The predicted octanol–water partition coefficient (Wildman–Crippen LogP) is 4.81. The van der Waals surface area contributed by atoms with Crippen LogP contribution in [0.5, 0.6) is 0 Å². The van der Waals surface area contributed by atoms with Gasteiger partial charge in [0.15, 0.2) is 0 Å². The summed E-state index contributed by atoms with van der Waals surface area (Å²) < 4.78 is 15.6. The van der Waals surface area contributed by atoms with Gasteiger partial charge in [-0.3, -0.25) is 0 Å². The average molecular weight is 335 g/mol. The fourth-order valence-electron chi connectivity index (χ4n) is 3.42. The van der Waals surface area contributed by atoms with Crippen molar-refractivity contribution in [2.75, 3.05) is 5.32 Å². The van der Waals surface area contributed by atoms with Gasteiger partial charge < -0.3 is 5.32 Å². The van der Waals surface area contributed by atoms with Crippen LogP contribution in [0.15, 0.2) is 48.5 Å². The van der Waals surface area contributed by atoms with E-state index in [0.717, 1.165) is 36.6 Å². The van der Waals surface area contributed by atoms with E-state index in [4.69, 9.17) is 5.10 Å². The fraction of sp³-hybridized carbons (Fsp3) is 0.286. The molecule has 0 unspecified atom stereocenters. The third-order valence-electron chi connectivity index (χ3n) is 4.79. The first kappa shape index (κ1) is 15.9. The van der Waals surface area contributed by atoms with Gasteiger partial charge in [0, 0.05) is 12.1 Å². The second-order valence-electron chi connectivity index (χ2n) is 6.71. The molecule has 0 radical (unpaired) electrons. The second kappa shape index (κ2) is 6.71. The summed E-state index contributed by atoms with van der Waals surface area (Å²) in [6, 6.07) is 15.2. The van der Waals surface area contributed by atoms with Gasteiger partial charge in [0.25, 0.3) is 0 Å². The molecule has 3 nitrogen and oxygen atoms in total. The minimum absolute atomic E-state index is 0.240. The van der Waals surface area contributed by atoms with E-state index in [1.807, 2.05) is 10.7 Å². The van der Waals surface area contributed by atoms with Crippen molar-refractivity contribution in [3.8, 4) is 5.69 Å². The monoisotopic (exact) mass is 335 g/mol. The maximum Gasteiger partial charge on any atom is 0.133 e. The van der Waals surface area contributed by atoms with E-state index < -0.39 is 0 Å². The van der Waals surface area contributed by atoms with Crippen LogP contribution in [-0.2, 0) is 19.4 Å². The molecule has 4 heteroatoms. The lowest BCUT2D eigenvalue weighted by atomic mass is 9.97. The van der Waals surface area contributed by atoms with Crippen molar-refractivity contribution in [3.05, 3.63) is 76.7 Å². The Morgan fingerprint density at radius 2 is 1.88 bits per heavy atom. The van der Waals surface area contributed by atoms with Gasteiger partial charge in [-0.25, -0.2) is 9.07 Å². The smallest absolute Gasteiger partial charge is 0.133 e. The average Bonchev–Trinajstić information content (AvgIpc) is 3.00. The molecule has 0 saturated carbocycles. The lowest BCUT2D eigenvalue weighted by Crippen LogP contribution is -2.08.